The first-order chi connectivity index (χ1) is 22.1. The van der Waals surface area contributed by atoms with Crippen LogP contribution in [0, 0.1) is 0 Å². The first-order valence-electron chi connectivity index (χ1n) is 13.3. The minimum absolute atomic E-state index is 0.0202. The number of nitrogens with two attached hydrogens (primary N) is 2. The van der Waals surface area contributed by atoms with E-state index in [1.165, 1.54) is 71.1 Å². The number of Topliss-reactive ketones (excluding diaryl/α,β-unsaturated/α-hetero) is 1. The summed E-state index contributed by atoms with van der Waals surface area (Å²) >= 11 is 0. The van der Waals surface area contributed by atoms with Crippen LogP contribution in [0.1, 0.15) is 38.8 Å². The summed E-state index contributed by atoms with van der Waals surface area (Å²) in [6, 6.07) is 12.2. The third-order valence-electron chi connectivity index (χ3n) is 6.54. The van der Waals surface area contributed by atoms with Crippen LogP contribution >= 0.6 is 0 Å². The number of carbonyl (C=O) groups excluding carboxylic acids is 2. The summed E-state index contributed by atoms with van der Waals surface area (Å²) < 4.78 is 80.4. The zero-order valence-corrected chi connectivity index (χ0v) is 24.0. The SMILES string of the molecule is CC(=O)c1cnn(-c2cccc(C(F)(F)F)c2)c1N.Nc1ccn2ncc(C(=O)Nc3ccnn3-c3cccc(C(F)(F)F)c3)c2n1. The molecule has 0 fully saturated rings. The molecule has 6 aromatic rings. The van der Waals surface area contributed by atoms with Crippen LogP contribution in [0.15, 0.2) is 85.5 Å². The molecule has 5 N–H and O–H groups in total. The van der Waals surface area contributed by atoms with Gasteiger partial charge in [0.05, 0.1) is 46.7 Å². The second kappa shape index (κ2) is 12.3. The molecular weight excluding hydrogens is 634 g/mol. The van der Waals surface area contributed by atoms with Gasteiger partial charge in [-0.3, -0.25) is 9.59 Å². The summed E-state index contributed by atoms with van der Waals surface area (Å²) in [5.74, 6) is -0.423. The standard InChI is InChI=1S/C17H12F3N7O.C12H10F3N3O/c18-17(19,20)10-2-1-3-11(8-10)27-14(4-6-22-27)25-16(28)12-9-23-26-7-5-13(21)24-15(12)26;1-7(19)10-6-17-18(11(10)16)9-4-2-3-8(5-9)12(13,14)15/h1-9H,(H2,21,24)(H,25,28);2-6H,16H2,1H3. The van der Waals surface area contributed by atoms with Gasteiger partial charge in [0.2, 0.25) is 0 Å². The lowest BCUT2D eigenvalue weighted by Crippen LogP contribution is -2.16. The normalized spacial score (nSPS) is 11.6. The molecule has 2 aromatic carbocycles. The molecule has 242 valence electrons. The minimum Gasteiger partial charge on any atom is -0.384 e. The Kier molecular flexibility index (Phi) is 8.43. The molecule has 0 aliphatic rings. The van der Waals surface area contributed by atoms with Crippen molar-refractivity contribution in [2.45, 2.75) is 19.3 Å². The van der Waals surface area contributed by atoms with Gasteiger partial charge in [0.15, 0.2) is 11.4 Å². The average Bonchev–Trinajstić information content (AvgIpc) is 3.75. The average molecular weight is 657 g/mol. The molecule has 18 heteroatoms. The van der Waals surface area contributed by atoms with E-state index < -0.39 is 29.4 Å². The molecule has 6 rings (SSSR count). The number of hydrogen-bond acceptors (Lipinski definition) is 8. The smallest absolute Gasteiger partial charge is 0.384 e. The van der Waals surface area contributed by atoms with Gasteiger partial charge in [0.1, 0.15) is 23.0 Å². The maximum Gasteiger partial charge on any atom is 0.416 e. The zero-order chi connectivity index (χ0) is 34.1. The van der Waals surface area contributed by atoms with E-state index in [1.54, 1.807) is 6.20 Å². The fourth-order valence-corrected chi connectivity index (χ4v) is 4.29. The summed E-state index contributed by atoms with van der Waals surface area (Å²) in [6.45, 7) is 1.31. The molecule has 4 aromatic heterocycles. The fraction of sp³-hybridized carbons (Fsp3) is 0.103. The zero-order valence-electron chi connectivity index (χ0n) is 24.0. The van der Waals surface area contributed by atoms with E-state index in [-0.39, 0.29) is 51.4 Å². The Balaban J connectivity index is 0.000000199. The second-order valence-electron chi connectivity index (χ2n) is 9.77. The number of aromatic nitrogens is 7. The number of amides is 1. The highest BCUT2D eigenvalue weighted by Crippen LogP contribution is 2.32. The number of nitrogens with one attached hydrogen (secondary N) is 1. The van der Waals surface area contributed by atoms with Crippen LogP contribution < -0.4 is 16.8 Å². The third-order valence-corrected chi connectivity index (χ3v) is 6.54. The highest BCUT2D eigenvalue weighted by Gasteiger charge is 2.31. The number of nitrogen functional groups attached to an aromatic ring is 2. The lowest BCUT2D eigenvalue weighted by molar-refractivity contribution is -0.138. The molecule has 0 radical (unpaired) electrons. The number of rotatable bonds is 5. The number of nitrogens with zero attached hydrogens (tertiary/aromatic N) is 7. The van der Waals surface area contributed by atoms with Crippen molar-refractivity contribution < 1.29 is 35.9 Å². The van der Waals surface area contributed by atoms with Crippen LogP contribution in [0.3, 0.4) is 0 Å². The van der Waals surface area contributed by atoms with Crippen molar-refractivity contribution in [3.05, 3.63) is 108 Å². The van der Waals surface area contributed by atoms with Crippen molar-refractivity contribution in [1.29, 1.82) is 0 Å². The van der Waals surface area contributed by atoms with Gasteiger partial charge in [-0.15, -0.1) is 0 Å². The number of fused-ring (bicyclic) bond motifs is 1. The van der Waals surface area contributed by atoms with Crippen molar-refractivity contribution in [1.82, 2.24) is 34.2 Å². The number of benzene rings is 2. The van der Waals surface area contributed by atoms with Crippen LogP contribution in [0.2, 0.25) is 0 Å². The monoisotopic (exact) mass is 656 g/mol. The number of anilines is 3. The molecule has 0 aliphatic heterocycles. The molecule has 1 amide bonds. The Morgan fingerprint density at radius 2 is 1.36 bits per heavy atom. The van der Waals surface area contributed by atoms with Crippen molar-refractivity contribution in [3.8, 4) is 11.4 Å². The quantitative estimate of drug-likeness (QED) is 0.163. The molecule has 12 nitrogen and oxygen atoms in total. The minimum atomic E-state index is -4.49. The highest BCUT2D eigenvalue weighted by molar-refractivity contribution is 6.08. The van der Waals surface area contributed by atoms with Crippen LogP contribution in [0.4, 0.5) is 43.8 Å². The molecule has 0 spiro atoms. The van der Waals surface area contributed by atoms with E-state index >= 15 is 0 Å². The van der Waals surface area contributed by atoms with Crippen LogP contribution in [0.5, 0.6) is 0 Å². The highest BCUT2D eigenvalue weighted by atomic mass is 19.4. The lowest BCUT2D eigenvalue weighted by Gasteiger charge is -2.11. The summed E-state index contributed by atoms with van der Waals surface area (Å²) in [5, 5.41) is 14.5. The maximum atomic E-state index is 13.0. The second-order valence-corrected chi connectivity index (χ2v) is 9.77. The Hall–Kier alpha value is -6.20. The largest absolute Gasteiger partial charge is 0.416 e. The molecule has 0 aliphatic carbocycles. The van der Waals surface area contributed by atoms with Gasteiger partial charge in [-0.2, -0.15) is 41.6 Å². The number of carbonyl (C=O) groups is 2. The number of ketones is 1. The van der Waals surface area contributed by atoms with Gasteiger partial charge >= 0.3 is 12.4 Å². The van der Waals surface area contributed by atoms with Gasteiger partial charge in [-0.25, -0.2) is 18.9 Å². The fourth-order valence-electron chi connectivity index (χ4n) is 4.29. The summed E-state index contributed by atoms with van der Waals surface area (Å²) in [5.41, 5.74) is 10.6. The van der Waals surface area contributed by atoms with E-state index in [9.17, 15) is 35.9 Å². The van der Waals surface area contributed by atoms with Crippen molar-refractivity contribution >= 4 is 34.8 Å². The summed E-state index contributed by atoms with van der Waals surface area (Å²) in [6.07, 6.45) is -3.46. The maximum absolute atomic E-state index is 13.0. The molecule has 0 atom stereocenters. The topological polar surface area (TPSA) is 164 Å². The van der Waals surface area contributed by atoms with Gasteiger partial charge in [0, 0.05) is 12.3 Å². The number of hydrogen-bond donors (Lipinski definition) is 3. The molecule has 0 unspecified atom stereocenters. The van der Waals surface area contributed by atoms with E-state index in [0.717, 1.165) is 28.9 Å². The molecule has 0 saturated heterocycles. The lowest BCUT2D eigenvalue weighted by atomic mass is 10.2. The van der Waals surface area contributed by atoms with E-state index in [4.69, 9.17) is 11.5 Å². The van der Waals surface area contributed by atoms with E-state index in [1.807, 2.05) is 0 Å². The van der Waals surface area contributed by atoms with E-state index in [0.29, 0.717) is 0 Å². The van der Waals surface area contributed by atoms with Gasteiger partial charge in [-0.05, 0) is 49.4 Å². The Morgan fingerprint density at radius 3 is 1.94 bits per heavy atom. The Bertz CT molecular complexity index is 2090. The van der Waals surface area contributed by atoms with Gasteiger partial charge < -0.3 is 16.8 Å². The Morgan fingerprint density at radius 1 is 0.766 bits per heavy atom. The Labute approximate surface area is 260 Å². The first kappa shape index (κ1) is 32.2. The van der Waals surface area contributed by atoms with Crippen LogP contribution in [-0.2, 0) is 12.4 Å². The van der Waals surface area contributed by atoms with E-state index in [2.05, 4.69) is 25.6 Å². The molecule has 0 saturated carbocycles. The number of halogens is 6. The van der Waals surface area contributed by atoms with Crippen molar-refractivity contribution in [2.75, 3.05) is 16.8 Å². The van der Waals surface area contributed by atoms with Gasteiger partial charge in [0.25, 0.3) is 5.91 Å². The third kappa shape index (κ3) is 6.90. The summed E-state index contributed by atoms with van der Waals surface area (Å²) in [7, 11) is 0. The summed E-state index contributed by atoms with van der Waals surface area (Å²) in [4.78, 5) is 27.9. The first-order valence-corrected chi connectivity index (χ1v) is 13.3. The number of alkyl halides is 6. The molecular formula is C29H22F6N10O2. The van der Waals surface area contributed by atoms with Gasteiger partial charge in [-0.1, -0.05) is 12.1 Å². The predicted octanol–water partition coefficient (Wildman–Crippen LogP) is 5.44. The van der Waals surface area contributed by atoms with Crippen LogP contribution in [-0.4, -0.2) is 45.8 Å². The van der Waals surface area contributed by atoms with Crippen molar-refractivity contribution in [2.24, 2.45) is 0 Å². The molecule has 47 heavy (non-hydrogen) atoms. The van der Waals surface area contributed by atoms with Crippen LogP contribution in [0.25, 0.3) is 17.0 Å². The van der Waals surface area contributed by atoms with Crippen molar-refractivity contribution in [3.63, 3.8) is 0 Å². The predicted molar refractivity (Wildman–Crippen MR) is 157 cm³/mol. The molecule has 0 bridgehead atoms. The molecule has 4 heterocycles.